The second-order valence-electron chi connectivity index (χ2n) is 3.80. The lowest BCUT2D eigenvalue weighted by atomic mass is 10.1. The first kappa shape index (κ1) is 13.2. The van der Waals surface area contributed by atoms with E-state index in [-0.39, 0.29) is 11.5 Å². The summed E-state index contributed by atoms with van der Waals surface area (Å²) < 4.78 is 40.5. The van der Waals surface area contributed by atoms with E-state index in [9.17, 15) is 17.6 Å². The van der Waals surface area contributed by atoms with Gasteiger partial charge in [0.15, 0.2) is 11.5 Å². The van der Waals surface area contributed by atoms with Gasteiger partial charge in [-0.05, 0) is 24.3 Å². The number of nitrogens with zero attached hydrogens (tertiary/aromatic N) is 1. The molecule has 0 atom stereocenters. The molecular formula is C11H9FN2O4S. The molecule has 0 aliphatic rings. The third-order valence-corrected chi connectivity index (χ3v) is 3.07. The number of sulfone groups is 1. The standard InChI is InChI=1S/C11H9FN2O4S/c1-19(16,17)11-14-8(10(13)15)9(18-11)6-2-4-7(12)5-3-6/h2-5H,1H3,(H2,13,15). The van der Waals surface area contributed by atoms with Crippen LogP contribution < -0.4 is 5.73 Å². The van der Waals surface area contributed by atoms with Gasteiger partial charge in [0.25, 0.3) is 5.91 Å². The molecule has 0 fully saturated rings. The fourth-order valence-corrected chi connectivity index (χ4v) is 1.91. The van der Waals surface area contributed by atoms with E-state index in [1.807, 2.05) is 0 Å². The Hall–Kier alpha value is -2.22. The number of primary amides is 1. The molecule has 0 unspecified atom stereocenters. The van der Waals surface area contributed by atoms with Crippen molar-refractivity contribution < 1.29 is 22.0 Å². The van der Waals surface area contributed by atoms with Gasteiger partial charge >= 0.3 is 5.22 Å². The summed E-state index contributed by atoms with van der Waals surface area (Å²) in [6, 6.07) is 4.94. The van der Waals surface area contributed by atoms with Crippen LogP contribution in [0.3, 0.4) is 0 Å². The molecule has 19 heavy (non-hydrogen) atoms. The lowest BCUT2D eigenvalue weighted by Crippen LogP contribution is -2.13. The Morgan fingerprint density at radius 1 is 1.32 bits per heavy atom. The van der Waals surface area contributed by atoms with Crippen LogP contribution in [-0.2, 0) is 9.84 Å². The number of hydrogen-bond donors (Lipinski definition) is 1. The number of halogens is 1. The zero-order valence-corrected chi connectivity index (χ0v) is 10.6. The zero-order valence-electron chi connectivity index (χ0n) is 9.75. The minimum Gasteiger partial charge on any atom is -0.427 e. The van der Waals surface area contributed by atoms with E-state index in [4.69, 9.17) is 10.2 Å². The number of rotatable bonds is 3. The van der Waals surface area contributed by atoms with Crippen LogP contribution in [0.1, 0.15) is 10.5 Å². The van der Waals surface area contributed by atoms with Gasteiger partial charge < -0.3 is 10.2 Å². The number of carbonyl (C=O) groups is 1. The fraction of sp³-hybridized carbons (Fsp3) is 0.0909. The zero-order chi connectivity index (χ0) is 14.2. The number of aromatic nitrogens is 1. The molecule has 0 saturated carbocycles. The van der Waals surface area contributed by atoms with Crippen molar-refractivity contribution in [2.75, 3.05) is 6.26 Å². The molecule has 0 radical (unpaired) electrons. The Morgan fingerprint density at radius 2 is 1.89 bits per heavy atom. The van der Waals surface area contributed by atoms with Crippen LogP contribution in [0, 0.1) is 5.82 Å². The van der Waals surface area contributed by atoms with Gasteiger partial charge in [-0.15, -0.1) is 0 Å². The van der Waals surface area contributed by atoms with Crippen molar-refractivity contribution in [2.24, 2.45) is 5.73 Å². The smallest absolute Gasteiger partial charge is 0.315 e. The summed E-state index contributed by atoms with van der Waals surface area (Å²) in [5.41, 5.74) is 5.10. The van der Waals surface area contributed by atoms with Gasteiger partial charge in [0.1, 0.15) is 5.82 Å². The molecule has 1 amide bonds. The van der Waals surface area contributed by atoms with Crippen LogP contribution in [0.25, 0.3) is 11.3 Å². The molecular weight excluding hydrogens is 275 g/mol. The van der Waals surface area contributed by atoms with Crippen LogP contribution in [0.5, 0.6) is 0 Å². The SMILES string of the molecule is CS(=O)(=O)c1nc(C(N)=O)c(-c2ccc(F)cc2)o1. The maximum Gasteiger partial charge on any atom is 0.315 e. The van der Waals surface area contributed by atoms with E-state index in [0.29, 0.717) is 5.56 Å². The Balaban J connectivity index is 2.65. The molecule has 8 heteroatoms. The summed E-state index contributed by atoms with van der Waals surface area (Å²) in [5, 5.41) is -0.611. The first-order valence-corrected chi connectivity index (χ1v) is 6.95. The van der Waals surface area contributed by atoms with Crippen LogP contribution in [0.2, 0.25) is 0 Å². The minimum atomic E-state index is -3.71. The largest absolute Gasteiger partial charge is 0.427 e. The van der Waals surface area contributed by atoms with Gasteiger partial charge in [-0.1, -0.05) is 0 Å². The van der Waals surface area contributed by atoms with Crippen molar-refractivity contribution in [1.82, 2.24) is 4.98 Å². The number of benzene rings is 1. The lowest BCUT2D eigenvalue weighted by molar-refractivity contribution is 0.0996. The van der Waals surface area contributed by atoms with Gasteiger partial charge in [-0.25, -0.2) is 12.8 Å². The van der Waals surface area contributed by atoms with Gasteiger partial charge in [0.05, 0.1) is 0 Å². The average molecular weight is 284 g/mol. The maximum atomic E-state index is 12.8. The normalized spacial score (nSPS) is 11.5. The molecule has 2 aromatic rings. The van der Waals surface area contributed by atoms with E-state index in [1.165, 1.54) is 12.1 Å². The number of hydrogen-bond acceptors (Lipinski definition) is 5. The van der Waals surface area contributed by atoms with Gasteiger partial charge in [-0.2, -0.15) is 4.98 Å². The van der Waals surface area contributed by atoms with Gasteiger partial charge in [-0.3, -0.25) is 4.79 Å². The Labute approximate surface area is 108 Å². The topological polar surface area (TPSA) is 103 Å². The molecule has 6 nitrogen and oxygen atoms in total. The first-order valence-electron chi connectivity index (χ1n) is 5.05. The summed E-state index contributed by atoms with van der Waals surface area (Å²) in [7, 11) is -3.71. The Kier molecular flexibility index (Phi) is 3.11. The summed E-state index contributed by atoms with van der Waals surface area (Å²) in [4.78, 5) is 14.8. The molecule has 0 bridgehead atoms. The predicted molar refractivity (Wildman–Crippen MR) is 63.5 cm³/mol. The second-order valence-corrected chi connectivity index (χ2v) is 5.69. The van der Waals surface area contributed by atoms with Crippen molar-refractivity contribution >= 4 is 15.7 Å². The first-order chi connectivity index (χ1) is 8.79. The van der Waals surface area contributed by atoms with E-state index in [2.05, 4.69) is 4.98 Å². The van der Waals surface area contributed by atoms with Crippen LogP contribution in [-0.4, -0.2) is 25.6 Å². The van der Waals surface area contributed by atoms with Crippen LogP contribution in [0.4, 0.5) is 4.39 Å². The fourth-order valence-electron chi connectivity index (χ4n) is 1.42. The molecule has 1 aromatic carbocycles. The number of nitrogens with two attached hydrogens (primary N) is 1. The van der Waals surface area contributed by atoms with Gasteiger partial charge in [0.2, 0.25) is 9.84 Å². The minimum absolute atomic E-state index is 0.104. The summed E-state index contributed by atoms with van der Waals surface area (Å²) in [6.07, 6.45) is 0.887. The molecule has 2 N–H and O–H groups in total. The number of carbonyl (C=O) groups excluding carboxylic acids is 1. The highest BCUT2D eigenvalue weighted by molar-refractivity contribution is 7.90. The summed E-state index contributed by atoms with van der Waals surface area (Å²) in [6.45, 7) is 0. The van der Waals surface area contributed by atoms with E-state index in [0.717, 1.165) is 18.4 Å². The van der Waals surface area contributed by atoms with E-state index < -0.39 is 26.8 Å². The molecule has 0 saturated heterocycles. The highest BCUT2D eigenvalue weighted by Gasteiger charge is 2.24. The van der Waals surface area contributed by atoms with Crippen molar-refractivity contribution in [1.29, 1.82) is 0 Å². The molecule has 1 aromatic heterocycles. The Bertz CT molecular complexity index is 735. The van der Waals surface area contributed by atoms with Crippen molar-refractivity contribution in [3.05, 3.63) is 35.8 Å². The number of oxazole rings is 1. The van der Waals surface area contributed by atoms with Gasteiger partial charge in [0, 0.05) is 11.8 Å². The predicted octanol–water partition coefficient (Wildman–Crippen LogP) is 0.983. The number of amides is 1. The van der Waals surface area contributed by atoms with Crippen molar-refractivity contribution in [3.8, 4) is 11.3 Å². The maximum absolute atomic E-state index is 12.8. The van der Waals surface area contributed by atoms with Crippen molar-refractivity contribution in [2.45, 2.75) is 5.22 Å². The molecule has 1 heterocycles. The highest BCUT2D eigenvalue weighted by Crippen LogP contribution is 2.26. The third kappa shape index (κ3) is 2.63. The third-order valence-electron chi connectivity index (χ3n) is 2.26. The molecule has 0 aliphatic heterocycles. The molecule has 0 spiro atoms. The van der Waals surface area contributed by atoms with E-state index >= 15 is 0 Å². The highest BCUT2D eigenvalue weighted by atomic mass is 32.2. The monoisotopic (exact) mass is 284 g/mol. The molecule has 2 rings (SSSR count). The molecule has 0 aliphatic carbocycles. The quantitative estimate of drug-likeness (QED) is 0.905. The average Bonchev–Trinajstić information content (AvgIpc) is 2.74. The second kappa shape index (κ2) is 4.47. The summed E-state index contributed by atoms with van der Waals surface area (Å²) >= 11 is 0. The van der Waals surface area contributed by atoms with Crippen LogP contribution >= 0.6 is 0 Å². The van der Waals surface area contributed by atoms with E-state index in [1.54, 1.807) is 0 Å². The lowest BCUT2D eigenvalue weighted by Gasteiger charge is -1.97. The summed E-state index contributed by atoms with van der Waals surface area (Å²) in [5.74, 6) is -1.52. The Morgan fingerprint density at radius 3 is 2.37 bits per heavy atom. The van der Waals surface area contributed by atoms with Crippen molar-refractivity contribution in [3.63, 3.8) is 0 Å². The van der Waals surface area contributed by atoms with Crippen LogP contribution in [0.15, 0.2) is 33.9 Å². The molecule has 100 valence electrons.